The Morgan fingerprint density at radius 1 is 1.56 bits per heavy atom. The molecule has 0 saturated carbocycles. The van der Waals surface area contributed by atoms with E-state index in [1.807, 2.05) is 11.0 Å². The summed E-state index contributed by atoms with van der Waals surface area (Å²) in [5.74, 6) is -0.389. The Bertz CT molecular complexity index is 428. The van der Waals surface area contributed by atoms with E-state index in [0.717, 1.165) is 19.4 Å². The van der Waals surface area contributed by atoms with Crippen molar-refractivity contribution < 1.29 is 9.50 Å². The highest BCUT2D eigenvalue weighted by molar-refractivity contribution is 5.52. The van der Waals surface area contributed by atoms with Gasteiger partial charge >= 0.3 is 0 Å². The van der Waals surface area contributed by atoms with Crippen LogP contribution in [-0.4, -0.2) is 24.3 Å². The summed E-state index contributed by atoms with van der Waals surface area (Å²) in [4.78, 5) is 1.87. The van der Waals surface area contributed by atoms with E-state index in [9.17, 15) is 9.50 Å². The molecule has 2 rings (SSSR count). The minimum Gasteiger partial charge on any atom is -0.394 e. The lowest BCUT2D eigenvalue weighted by molar-refractivity contribution is 0.266. The SMILES string of the molecule is N#Cc1ccc(N2CCCC2CO)c(F)c1. The van der Waals surface area contributed by atoms with Gasteiger partial charge in [-0.15, -0.1) is 0 Å². The summed E-state index contributed by atoms with van der Waals surface area (Å²) < 4.78 is 13.7. The minimum absolute atomic E-state index is 0.00226. The Morgan fingerprint density at radius 2 is 2.38 bits per heavy atom. The van der Waals surface area contributed by atoms with Crippen molar-refractivity contribution in [1.82, 2.24) is 0 Å². The van der Waals surface area contributed by atoms with Crippen molar-refractivity contribution in [2.45, 2.75) is 18.9 Å². The van der Waals surface area contributed by atoms with Crippen molar-refractivity contribution in [3.63, 3.8) is 0 Å². The number of aliphatic hydroxyl groups excluding tert-OH is 1. The summed E-state index contributed by atoms with van der Waals surface area (Å²) >= 11 is 0. The molecule has 1 fully saturated rings. The topological polar surface area (TPSA) is 47.3 Å². The van der Waals surface area contributed by atoms with Crippen molar-refractivity contribution in [1.29, 1.82) is 5.26 Å². The smallest absolute Gasteiger partial charge is 0.147 e. The number of anilines is 1. The van der Waals surface area contributed by atoms with Gasteiger partial charge in [-0.1, -0.05) is 0 Å². The Labute approximate surface area is 93.7 Å². The number of nitrogens with zero attached hydrogens (tertiary/aromatic N) is 2. The first-order valence-corrected chi connectivity index (χ1v) is 5.33. The highest BCUT2D eigenvalue weighted by Gasteiger charge is 2.25. The first-order chi connectivity index (χ1) is 7.76. The quantitative estimate of drug-likeness (QED) is 0.824. The van der Waals surface area contributed by atoms with Crippen LogP contribution in [0.2, 0.25) is 0 Å². The molecule has 4 heteroatoms. The molecule has 0 spiro atoms. The van der Waals surface area contributed by atoms with Crippen molar-refractivity contribution in [2.24, 2.45) is 0 Å². The molecule has 0 amide bonds. The molecule has 0 aliphatic carbocycles. The second-order valence-corrected chi connectivity index (χ2v) is 3.95. The summed E-state index contributed by atoms with van der Waals surface area (Å²) in [6.07, 6.45) is 1.85. The molecule has 1 heterocycles. The largest absolute Gasteiger partial charge is 0.394 e. The van der Waals surface area contributed by atoms with Gasteiger partial charge in [0.2, 0.25) is 0 Å². The second kappa shape index (κ2) is 4.50. The average molecular weight is 220 g/mol. The van der Waals surface area contributed by atoms with Crippen molar-refractivity contribution in [2.75, 3.05) is 18.1 Å². The standard InChI is InChI=1S/C12H13FN2O/c13-11-6-9(7-14)3-4-12(11)15-5-1-2-10(15)8-16/h3-4,6,10,16H,1-2,5,8H2. The maximum Gasteiger partial charge on any atom is 0.147 e. The van der Waals surface area contributed by atoms with Crippen LogP contribution >= 0.6 is 0 Å². The number of hydrogen-bond donors (Lipinski definition) is 1. The monoisotopic (exact) mass is 220 g/mol. The molecule has 0 aromatic heterocycles. The lowest BCUT2D eigenvalue weighted by Gasteiger charge is -2.25. The zero-order chi connectivity index (χ0) is 11.5. The van der Waals surface area contributed by atoms with Gasteiger partial charge in [0.25, 0.3) is 0 Å². The molecule has 1 aromatic carbocycles. The zero-order valence-corrected chi connectivity index (χ0v) is 8.86. The average Bonchev–Trinajstić information content (AvgIpc) is 2.76. The van der Waals surface area contributed by atoms with E-state index in [4.69, 9.17) is 5.26 Å². The number of aliphatic hydroxyl groups is 1. The highest BCUT2D eigenvalue weighted by Crippen LogP contribution is 2.28. The number of rotatable bonds is 2. The third-order valence-corrected chi connectivity index (χ3v) is 2.97. The van der Waals surface area contributed by atoms with E-state index >= 15 is 0 Å². The third-order valence-electron chi connectivity index (χ3n) is 2.97. The molecule has 1 aliphatic heterocycles. The summed E-state index contributed by atoms with van der Waals surface area (Å²) in [6, 6.07) is 6.36. The first-order valence-electron chi connectivity index (χ1n) is 5.33. The molecule has 0 bridgehead atoms. The van der Waals surface area contributed by atoms with Crippen molar-refractivity contribution in [3.8, 4) is 6.07 Å². The van der Waals surface area contributed by atoms with E-state index in [-0.39, 0.29) is 18.5 Å². The summed E-state index contributed by atoms with van der Waals surface area (Å²) in [7, 11) is 0. The lowest BCUT2D eigenvalue weighted by Crippen LogP contribution is -2.32. The van der Waals surface area contributed by atoms with Crippen LogP contribution < -0.4 is 4.90 Å². The predicted octanol–water partition coefficient (Wildman–Crippen LogP) is 1.66. The third kappa shape index (κ3) is 1.86. The fourth-order valence-corrected chi connectivity index (χ4v) is 2.15. The second-order valence-electron chi connectivity index (χ2n) is 3.95. The fourth-order valence-electron chi connectivity index (χ4n) is 2.15. The van der Waals surface area contributed by atoms with Crippen LogP contribution in [0.4, 0.5) is 10.1 Å². The van der Waals surface area contributed by atoms with Gasteiger partial charge in [-0.05, 0) is 31.0 Å². The Balaban J connectivity index is 2.30. The van der Waals surface area contributed by atoms with Gasteiger partial charge in [-0.3, -0.25) is 0 Å². The van der Waals surface area contributed by atoms with Crippen LogP contribution in [-0.2, 0) is 0 Å². The Morgan fingerprint density at radius 3 is 3.00 bits per heavy atom. The molecule has 1 unspecified atom stereocenters. The van der Waals surface area contributed by atoms with Gasteiger partial charge < -0.3 is 10.0 Å². The molecule has 1 aromatic rings. The number of hydrogen-bond acceptors (Lipinski definition) is 3. The van der Waals surface area contributed by atoms with Crippen LogP contribution in [0.25, 0.3) is 0 Å². The number of halogens is 1. The van der Waals surface area contributed by atoms with Crippen LogP contribution in [0.5, 0.6) is 0 Å². The van der Waals surface area contributed by atoms with Gasteiger partial charge in [0.1, 0.15) is 5.82 Å². The molecule has 0 radical (unpaired) electrons. The zero-order valence-electron chi connectivity index (χ0n) is 8.86. The van der Waals surface area contributed by atoms with Crippen molar-refractivity contribution in [3.05, 3.63) is 29.6 Å². The predicted molar refractivity (Wildman–Crippen MR) is 58.6 cm³/mol. The molecule has 1 saturated heterocycles. The highest BCUT2D eigenvalue weighted by atomic mass is 19.1. The number of benzene rings is 1. The molecule has 3 nitrogen and oxygen atoms in total. The van der Waals surface area contributed by atoms with Gasteiger partial charge in [-0.25, -0.2) is 4.39 Å². The summed E-state index contributed by atoms with van der Waals surface area (Å²) in [5, 5.41) is 17.8. The molecular weight excluding hydrogens is 207 g/mol. The minimum atomic E-state index is -0.389. The van der Waals surface area contributed by atoms with Crippen molar-refractivity contribution >= 4 is 5.69 Å². The molecule has 1 N–H and O–H groups in total. The maximum atomic E-state index is 13.7. The van der Waals surface area contributed by atoms with E-state index in [2.05, 4.69) is 0 Å². The fraction of sp³-hybridized carbons (Fsp3) is 0.417. The molecule has 1 aliphatic rings. The Kier molecular flexibility index (Phi) is 3.07. The van der Waals surface area contributed by atoms with Gasteiger partial charge in [0.05, 0.1) is 30.0 Å². The van der Waals surface area contributed by atoms with Crippen LogP contribution in [0.15, 0.2) is 18.2 Å². The van der Waals surface area contributed by atoms with Crippen LogP contribution in [0.1, 0.15) is 18.4 Å². The van der Waals surface area contributed by atoms with Gasteiger partial charge in [0.15, 0.2) is 0 Å². The molecule has 1 atom stereocenters. The first kappa shape index (κ1) is 10.9. The van der Waals surface area contributed by atoms with Crippen LogP contribution in [0.3, 0.4) is 0 Å². The van der Waals surface area contributed by atoms with Gasteiger partial charge in [0, 0.05) is 6.54 Å². The Hall–Kier alpha value is -1.60. The van der Waals surface area contributed by atoms with E-state index in [1.165, 1.54) is 6.07 Å². The lowest BCUT2D eigenvalue weighted by atomic mass is 10.1. The maximum absolute atomic E-state index is 13.7. The normalized spacial score (nSPS) is 19.8. The van der Waals surface area contributed by atoms with Crippen LogP contribution in [0, 0.1) is 17.1 Å². The van der Waals surface area contributed by atoms with E-state index in [1.54, 1.807) is 12.1 Å². The summed E-state index contributed by atoms with van der Waals surface area (Å²) in [6.45, 7) is 0.799. The summed E-state index contributed by atoms with van der Waals surface area (Å²) in [5.41, 5.74) is 0.802. The molecule has 16 heavy (non-hydrogen) atoms. The molecule has 84 valence electrons. The van der Waals surface area contributed by atoms with Gasteiger partial charge in [-0.2, -0.15) is 5.26 Å². The van der Waals surface area contributed by atoms with E-state index < -0.39 is 0 Å². The molecular formula is C12H13FN2O. The number of nitriles is 1. The van der Waals surface area contributed by atoms with E-state index in [0.29, 0.717) is 11.3 Å².